The third kappa shape index (κ3) is 5.62. The molecule has 5 aromatic rings. The Morgan fingerprint density at radius 2 is 1.86 bits per heavy atom. The molecule has 0 radical (unpaired) electrons. The zero-order valence-electron chi connectivity index (χ0n) is 23.7. The molecule has 3 aromatic heterocycles. The fourth-order valence-electron chi connectivity index (χ4n) is 5.78. The number of likely N-dealkylation sites (tertiary alicyclic amines) is 1. The molecular weight excluding hydrogens is 538 g/mol. The van der Waals surface area contributed by atoms with Crippen LogP contribution in [-0.2, 0) is 24.8 Å². The summed E-state index contributed by atoms with van der Waals surface area (Å²) in [7, 11) is 1.85. The second kappa shape index (κ2) is 11.4. The quantitative estimate of drug-likeness (QED) is 0.281. The van der Waals surface area contributed by atoms with Gasteiger partial charge >= 0.3 is 0 Å². The van der Waals surface area contributed by atoms with Gasteiger partial charge in [0.15, 0.2) is 11.6 Å². The van der Waals surface area contributed by atoms with Gasteiger partial charge in [0.05, 0.1) is 36.2 Å². The lowest BCUT2D eigenvalue weighted by Crippen LogP contribution is -2.41. The molecule has 4 heterocycles. The molecule has 10 heteroatoms. The van der Waals surface area contributed by atoms with Crippen molar-refractivity contribution in [2.24, 2.45) is 7.05 Å². The number of rotatable bonds is 8. The molecule has 2 atom stereocenters. The van der Waals surface area contributed by atoms with E-state index in [4.69, 9.17) is 9.52 Å². The SMILES string of the molecule is Cc1ccc(CN2C[C@@H](NC(=O)Cc3c(C)c(-c4cnn(C)c4)nn3-c3ccccc3)[C@H](c3ccc(F)c(F)c3)C2)o1. The Bertz CT molecular complexity index is 1720. The molecule has 42 heavy (non-hydrogen) atoms. The van der Waals surface area contributed by atoms with E-state index in [0.717, 1.165) is 45.8 Å². The number of para-hydroxylation sites is 1. The zero-order chi connectivity index (χ0) is 29.4. The summed E-state index contributed by atoms with van der Waals surface area (Å²) in [5.74, 6) is -0.569. The normalized spacial score (nSPS) is 17.2. The first-order chi connectivity index (χ1) is 20.2. The number of hydrogen-bond donors (Lipinski definition) is 1. The van der Waals surface area contributed by atoms with Gasteiger partial charge in [-0.2, -0.15) is 10.2 Å². The van der Waals surface area contributed by atoms with Gasteiger partial charge in [0, 0.05) is 43.9 Å². The van der Waals surface area contributed by atoms with Crippen molar-refractivity contribution >= 4 is 5.91 Å². The Kier molecular flexibility index (Phi) is 7.47. The van der Waals surface area contributed by atoms with Crippen molar-refractivity contribution in [1.82, 2.24) is 29.8 Å². The molecule has 0 spiro atoms. The molecule has 8 nitrogen and oxygen atoms in total. The Hall–Kier alpha value is -4.57. The van der Waals surface area contributed by atoms with E-state index in [1.165, 1.54) is 6.07 Å². The maximum atomic E-state index is 14.2. The fourth-order valence-corrected chi connectivity index (χ4v) is 5.78. The van der Waals surface area contributed by atoms with Crippen molar-refractivity contribution in [2.75, 3.05) is 13.1 Å². The van der Waals surface area contributed by atoms with E-state index in [1.807, 2.05) is 74.2 Å². The molecule has 0 aliphatic carbocycles. The molecular formula is C32H32F2N6O2. The summed E-state index contributed by atoms with van der Waals surface area (Å²) in [6.07, 6.45) is 3.75. The van der Waals surface area contributed by atoms with Crippen LogP contribution in [0.4, 0.5) is 8.78 Å². The van der Waals surface area contributed by atoms with Gasteiger partial charge in [0.1, 0.15) is 11.5 Å². The fraction of sp³-hybridized carbons (Fsp3) is 0.281. The van der Waals surface area contributed by atoms with E-state index in [0.29, 0.717) is 25.2 Å². The average Bonchev–Trinajstić information content (AvgIpc) is 3.75. The molecule has 6 rings (SSSR count). The third-order valence-electron chi connectivity index (χ3n) is 7.84. The predicted octanol–water partition coefficient (Wildman–Crippen LogP) is 5.09. The van der Waals surface area contributed by atoms with Crippen LogP contribution in [0, 0.1) is 25.5 Å². The first kappa shape index (κ1) is 27.6. The molecule has 0 bridgehead atoms. The molecule has 1 aliphatic heterocycles. The smallest absolute Gasteiger partial charge is 0.226 e. The number of aromatic nitrogens is 4. The molecule has 1 aliphatic rings. The first-order valence-corrected chi connectivity index (χ1v) is 13.9. The van der Waals surface area contributed by atoms with Gasteiger partial charge < -0.3 is 9.73 Å². The predicted molar refractivity (Wildman–Crippen MR) is 154 cm³/mol. The van der Waals surface area contributed by atoms with Gasteiger partial charge in [-0.15, -0.1) is 0 Å². The highest BCUT2D eigenvalue weighted by Crippen LogP contribution is 2.31. The van der Waals surface area contributed by atoms with E-state index in [2.05, 4.69) is 15.3 Å². The minimum atomic E-state index is -0.900. The molecule has 0 unspecified atom stereocenters. The van der Waals surface area contributed by atoms with Crippen LogP contribution in [0.2, 0.25) is 0 Å². The van der Waals surface area contributed by atoms with Crippen molar-refractivity contribution < 1.29 is 18.0 Å². The molecule has 0 saturated carbocycles. The van der Waals surface area contributed by atoms with Crippen LogP contribution < -0.4 is 5.32 Å². The van der Waals surface area contributed by atoms with Crippen LogP contribution in [0.1, 0.15) is 34.3 Å². The van der Waals surface area contributed by atoms with Crippen LogP contribution in [0.5, 0.6) is 0 Å². The monoisotopic (exact) mass is 570 g/mol. The van der Waals surface area contributed by atoms with Crippen LogP contribution in [-0.4, -0.2) is 49.5 Å². The summed E-state index contributed by atoms with van der Waals surface area (Å²) >= 11 is 0. The number of benzene rings is 2. The highest BCUT2D eigenvalue weighted by atomic mass is 19.2. The maximum absolute atomic E-state index is 14.2. The van der Waals surface area contributed by atoms with Crippen molar-refractivity contribution in [3.05, 3.63) is 113 Å². The second-order valence-corrected chi connectivity index (χ2v) is 10.9. The average molecular weight is 571 g/mol. The van der Waals surface area contributed by atoms with Gasteiger partial charge in [-0.05, 0) is 61.4 Å². The molecule has 1 fully saturated rings. The molecule has 1 N–H and O–H groups in total. The topological polar surface area (TPSA) is 81.1 Å². The molecule has 1 saturated heterocycles. The Balaban J connectivity index is 1.28. The van der Waals surface area contributed by atoms with Crippen LogP contribution in [0.15, 0.2) is 77.5 Å². The van der Waals surface area contributed by atoms with Crippen LogP contribution >= 0.6 is 0 Å². The molecule has 216 valence electrons. The summed E-state index contributed by atoms with van der Waals surface area (Å²) in [5.41, 5.74) is 4.77. The molecule has 1 amide bonds. The van der Waals surface area contributed by atoms with Crippen LogP contribution in [0.3, 0.4) is 0 Å². The van der Waals surface area contributed by atoms with Gasteiger partial charge in [0.2, 0.25) is 5.91 Å². The lowest BCUT2D eigenvalue weighted by Gasteiger charge is -2.21. The minimum absolute atomic E-state index is 0.0897. The van der Waals surface area contributed by atoms with E-state index in [-0.39, 0.29) is 24.3 Å². The van der Waals surface area contributed by atoms with Crippen molar-refractivity contribution in [2.45, 2.75) is 38.8 Å². The van der Waals surface area contributed by atoms with E-state index in [9.17, 15) is 13.6 Å². The van der Waals surface area contributed by atoms with E-state index >= 15 is 0 Å². The summed E-state index contributed by atoms with van der Waals surface area (Å²) in [6.45, 7) is 5.50. The Labute approximate surface area is 242 Å². The minimum Gasteiger partial charge on any atom is -0.465 e. The number of furan rings is 1. The van der Waals surface area contributed by atoms with Crippen molar-refractivity contribution in [1.29, 1.82) is 0 Å². The molecule has 2 aromatic carbocycles. The Morgan fingerprint density at radius 3 is 2.55 bits per heavy atom. The van der Waals surface area contributed by atoms with Gasteiger partial charge in [-0.3, -0.25) is 14.4 Å². The number of amides is 1. The summed E-state index contributed by atoms with van der Waals surface area (Å²) < 4.78 is 37.3. The van der Waals surface area contributed by atoms with Crippen molar-refractivity contribution in [3.8, 4) is 16.9 Å². The second-order valence-electron chi connectivity index (χ2n) is 10.9. The zero-order valence-corrected chi connectivity index (χ0v) is 23.7. The van der Waals surface area contributed by atoms with Gasteiger partial charge in [-0.1, -0.05) is 24.3 Å². The summed E-state index contributed by atoms with van der Waals surface area (Å²) in [6, 6.07) is 17.2. The summed E-state index contributed by atoms with van der Waals surface area (Å²) in [5, 5.41) is 12.4. The lowest BCUT2D eigenvalue weighted by molar-refractivity contribution is -0.121. The Morgan fingerprint density at radius 1 is 1.05 bits per heavy atom. The highest BCUT2D eigenvalue weighted by Gasteiger charge is 2.36. The number of nitrogens with one attached hydrogen (secondary N) is 1. The van der Waals surface area contributed by atoms with E-state index < -0.39 is 11.6 Å². The van der Waals surface area contributed by atoms with Gasteiger partial charge in [0.25, 0.3) is 0 Å². The number of halogens is 2. The number of hydrogen-bond acceptors (Lipinski definition) is 5. The van der Waals surface area contributed by atoms with Gasteiger partial charge in [-0.25, -0.2) is 13.5 Å². The number of carbonyl (C=O) groups is 1. The van der Waals surface area contributed by atoms with Crippen molar-refractivity contribution in [3.63, 3.8) is 0 Å². The number of nitrogens with zero attached hydrogens (tertiary/aromatic N) is 5. The summed E-state index contributed by atoms with van der Waals surface area (Å²) in [4.78, 5) is 15.8. The highest BCUT2D eigenvalue weighted by molar-refractivity contribution is 5.80. The lowest BCUT2D eigenvalue weighted by atomic mass is 9.94. The third-order valence-corrected chi connectivity index (χ3v) is 7.84. The number of aryl methyl sites for hydroxylation is 2. The number of carbonyl (C=O) groups excluding carboxylic acids is 1. The standard InChI is InChI=1S/C32H32F2N6O2/c1-20-9-11-25(42-20)17-39-18-26(22-10-12-27(33)28(34)13-22)29(19-39)36-31(41)14-30-21(2)32(23-15-35-38(3)16-23)37-40(30)24-7-5-4-6-8-24/h4-13,15-16,26,29H,14,17-19H2,1-3H3,(H,36,41)/t26-,29+/m0/s1. The first-order valence-electron chi connectivity index (χ1n) is 13.9. The largest absolute Gasteiger partial charge is 0.465 e. The van der Waals surface area contributed by atoms with Crippen LogP contribution in [0.25, 0.3) is 16.9 Å². The van der Waals surface area contributed by atoms with E-state index in [1.54, 1.807) is 16.9 Å². The maximum Gasteiger partial charge on any atom is 0.226 e.